The Morgan fingerprint density at radius 2 is 1.89 bits per heavy atom. The van der Waals surface area contributed by atoms with E-state index in [1.165, 1.54) is 6.92 Å². The van der Waals surface area contributed by atoms with Gasteiger partial charge in [-0.15, -0.1) is 0 Å². The van der Waals surface area contributed by atoms with Gasteiger partial charge in [-0.05, 0) is 59.3 Å². The second kappa shape index (κ2) is 9.41. The monoisotopic (exact) mass is 394 g/mol. The molecule has 0 aromatic rings. The lowest BCUT2D eigenvalue weighted by Gasteiger charge is -2.41. The average Bonchev–Trinajstić information content (AvgIpc) is 2.65. The molecule has 4 nitrogen and oxygen atoms in total. The van der Waals surface area contributed by atoms with Crippen LogP contribution in [0.25, 0.3) is 0 Å². The molecule has 1 saturated carbocycles. The maximum Gasteiger partial charge on any atom is 0.419 e. The Hall–Kier alpha value is -1.08. The summed E-state index contributed by atoms with van der Waals surface area (Å²) in [5.74, 6) is -0.448. The second-order valence-electron chi connectivity index (χ2n) is 7.89. The summed E-state index contributed by atoms with van der Waals surface area (Å²) in [6.07, 6.45) is -1.09. The van der Waals surface area contributed by atoms with Crippen molar-refractivity contribution in [3.05, 3.63) is 12.2 Å². The molecule has 1 aliphatic rings. The molecule has 0 heterocycles. The van der Waals surface area contributed by atoms with Crippen molar-refractivity contribution in [2.75, 3.05) is 0 Å². The van der Waals surface area contributed by atoms with Crippen LogP contribution in [0, 0.1) is 0 Å². The highest BCUT2D eigenvalue weighted by Crippen LogP contribution is 2.40. The fraction of sp³-hybridized carbons (Fsp3) is 0.850. The molecule has 0 saturated heterocycles. The van der Waals surface area contributed by atoms with Gasteiger partial charge >= 0.3 is 12.1 Å². The van der Waals surface area contributed by atoms with E-state index in [4.69, 9.17) is 9.47 Å². The van der Waals surface area contributed by atoms with Gasteiger partial charge in [0, 0.05) is 5.57 Å². The van der Waals surface area contributed by atoms with Crippen molar-refractivity contribution in [2.45, 2.75) is 109 Å². The quantitative estimate of drug-likeness (QED) is 0.504. The molecule has 0 spiro atoms. The Morgan fingerprint density at radius 3 is 2.41 bits per heavy atom. The molecule has 1 rings (SSSR count). The Labute approximate surface area is 160 Å². The van der Waals surface area contributed by atoms with Crippen molar-refractivity contribution in [1.29, 1.82) is 0 Å². The summed E-state index contributed by atoms with van der Waals surface area (Å²) in [7, 11) is 0. The SMILES string of the molecule is C=C(C)C(=O)OC1CCCCCC(CC)(OC(C)C(C)(O)C(F)(F)F)CC1. The smallest absolute Gasteiger partial charge is 0.419 e. The number of carbonyl (C=O) groups excluding carboxylic acids is 1. The van der Waals surface area contributed by atoms with Crippen LogP contribution >= 0.6 is 0 Å². The predicted octanol–water partition coefficient (Wildman–Crippen LogP) is 5.09. The van der Waals surface area contributed by atoms with Crippen LogP contribution in [-0.2, 0) is 14.3 Å². The van der Waals surface area contributed by atoms with Crippen LogP contribution in [0.15, 0.2) is 12.2 Å². The maximum absolute atomic E-state index is 13.2. The summed E-state index contributed by atoms with van der Waals surface area (Å²) < 4.78 is 50.9. The van der Waals surface area contributed by atoms with E-state index in [-0.39, 0.29) is 6.10 Å². The number of esters is 1. The van der Waals surface area contributed by atoms with Crippen molar-refractivity contribution in [1.82, 2.24) is 0 Å². The maximum atomic E-state index is 13.2. The van der Waals surface area contributed by atoms with Crippen LogP contribution in [0.5, 0.6) is 0 Å². The number of hydrogen-bond acceptors (Lipinski definition) is 4. The molecule has 1 fully saturated rings. The first kappa shape index (κ1) is 24.0. The molecule has 0 amide bonds. The van der Waals surface area contributed by atoms with Gasteiger partial charge in [-0.1, -0.05) is 26.3 Å². The molecule has 1 aliphatic carbocycles. The van der Waals surface area contributed by atoms with E-state index in [0.29, 0.717) is 37.7 Å². The Morgan fingerprint density at radius 1 is 1.26 bits per heavy atom. The summed E-state index contributed by atoms with van der Waals surface area (Å²) in [4.78, 5) is 11.8. The first-order chi connectivity index (χ1) is 12.3. The van der Waals surface area contributed by atoms with Gasteiger partial charge in [0.1, 0.15) is 6.10 Å². The first-order valence-electron chi connectivity index (χ1n) is 9.68. The van der Waals surface area contributed by atoms with Gasteiger partial charge in [0.25, 0.3) is 0 Å². The van der Waals surface area contributed by atoms with E-state index >= 15 is 0 Å². The second-order valence-corrected chi connectivity index (χ2v) is 7.89. The molecule has 4 atom stereocenters. The third kappa shape index (κ3) is 6.49. The summed E-state index contributed by atoms with van der Waals surface area (Å²) in [5, 5.41) is 9.94. The van der Waals surface area contributed by atoms with Crippen molar-refractivity contribution in [3.8, 4) is 0 Å². The Kier molecular flexibility index (Phi) is 8.35. The van der Waals surface area contributed by atoms with Crippen LogP contribution in [-0.4, -0.2) is 40.7 Å². The van der Waals surface area contributed by atoms with Gasteiger partial charge in [-0.25, -0.2) is 4.79 Å². The molecule has 0 aromatic carbocycles. The summed E-state index contributed by atoms with van der Waals surface area (Å²) in [6.45, 7) is 9.04. The van der Waals surface area contributed by atoms with Gasteiger partial charge < -0.3 is 14.6 Å². The summed E-state index contributed by atoms with van der Waals surface area (Å²) in [6, 6.07) is 0. The third-order valence-electron chi connectivity index (χ3n) is 5.64. The molecular weight excluding hydrogens is 361 g/mol. The van der Waals surface area contributed by atoms with Gasteiger partial charge in [0.2, 0.25) is 0 Å². The predicted molar refractivity (Wildman–Crippen MR) is 97.3 cm³/mol. The number of hydrogen-bond donors (Lipinski definition) is 1. The first-order valence-corrected chi connectivity index (χ1v) is 9.68. The molecule has 1 N–H and O–H groups in total. The number of halogens is 3. The molecule has 4 unspecified atom stereocenters. The van der Waals surface area contributed by atoms with Crippen LogP contribution < -0.4 is 0 Å². The summed E-state index contributed by atoms with van der Waals surface area (Å²) in [5.41, 5.74) is -3.39. The molecule has 0 bridgehead atoms. The zero-order valence-corrected chi connectivity index (χ0v) is 16.8. The lowest BCUT2D eigenvalue weighted by molar-refractivity contribution is -0.300. The van der Waals surface area contributed by atoms with E-state index in [1.54, 1.807) is 6.92 Å². The Bertz CT molecular complexity index is 516. The Balaban J connectivity index is 2.92. The average molecular weight is 394 g/mol. The lowest BCUT2D eigenvalue weighted by Crippen LogP contribution is -2.54. The van der Waals surface area contributed by atoms with Crippen LogP contribution in [0.2, 0.25) is 0 Å². The number of carbonyl (C=O) groups is 1. The highest BCUT2D eigenvalue weighted by molar-refractivity contribution is 5.87. The van der Waals surface area contributed by atoms with E-state index < -0.39 is 29.5 Å². The molecule has 27 heavy (non-hydrogen) atoms. The standard InChI is InChI=1S/C20H33F3O4/c1-6-19(27-15(4)18(5,25)20(21,22)23)12-9-7-8-10-16(11-13-19)26-17(24)14(2)3/h15-16,25H,2,6-13H2,1,3-5H3. The van der Waals surface area contributed by atoms with Crippen LogP contribution in [0.3, 0.4) is 0 Å². The van der Waals surface area contributed by atoms with Crippen LogP contribution in [0.4, 0.5) is 13.2 Å². The highest BCUT2D eigenvalue weighted by Gasteiger charge is 2.55. The van der Waals surface area contributed by atoms with Crippen molar-refractivity contribution >= 4 is 5.97 Å². The van der Waals surface area contributed by atoms with Gasteiger partial charge in [0.05, 0.1) is 11.7 Å². The molecule has 0 aromatic heterocycles. The fourth-order valence-electron chi connectivity index (χ4n) is 3.33. The zero-order valence-electron chi connectivity index (χ0n) is 16.8. The number of aliphatic hydroxyl groups is 1. The molecular formula is C20H33F3O4. The zero-order chi connectivity index (χ0) is 20.9. The van der Waals surface area contributed by atoms with Crippen molar-refractivity contribution in [2.24, 2.45) is 0 Å². The molecule has 158 valence electrons. The molecule has 0 radical (unpaired) electrons. The van der Waals surface area contributed by atoms with Gasteiger partial charge in [0.15, 0.2) is 5.60 Å². The minimum Gasteiger partial charge on any atom is -0.459 e. The van der Waals surface area contributed by atoms with Crippen LogP contribution in [0.1, 0.15) is 79.1 Å². The lowest BCUT2D eigenvalue weighted by atomic mass is 9.87. The van der Waals surface area contributed by atoms with E-state index in [1.807, 2.05) is 6.92 Å². The van der Waals surface area contributed by atoms with Gasteiger partial charge in [-0.3, -0.25) is 0 Å². The highest BCUT2D eigenvalue weighted by atomic mass is 19.4. The van der Waals surface area contributed by atoms with E-state index in [0.717, 1.165) is 26.2 Å². The minimum atomic E-state index is -4.78. The van der Waals surface area contributed by atoms with Crippen molar-refractivity contribution < 1.29 is 32.5 Å². The van der Waals surface area contributed by atoms with Gasteiger partial charge in [-0.2, -0.15) is 13.2 Å². The fourth-order valence-corrected chi connectivity index (χ4v) is 3.33. The summed E-state index contributed by atoms with van der Waals surface area (Å²) >= 11 is 0. The topological polar surface area (TPSA) is 55.8 Å². The minimum absolute atomic E-state index is 0.305. The third-order valence-corrected chi connectivity index (χ3v) is 5.64. The molecule has 0 aliphatic heterocycles. The number of rotatable bonds is 6. The van der Waals surface area contributed by atoms with E-state index in [9.17, 15) is 23.1 Å². The largest absolute Gasteiger partial charge is 0.459 e. The number of alkyl halides is 3. The number of ether oxygens (including phenoxy) is 2. The van der Waals surface area contributed by atoms with E-state index in [2.05, 4.69) is 6.58 Å². The van der Waals surface area contributed by atoms with Crippen molar-refractivity contribution in [3.63, 3.8) is 0 Å². The normalized spacial score (nSPS) is 28.2. The molecule has 7 heteroatoms.